The fraction of sp³-hybridized carbons (Fsp3) is 0.818. The van der Waals surface area contributed by atoms with Crippen LogP contribution >= 0.6 is 11.8 Å². The van der Waals surface area contributed by atoms with E-state index < -0.39 is 6.10 Å². The van der Waals surface area contributed by atoms with Gasteiger partial charge in [-0.15, -0.1) is 11.8 Å². The van der Waals surface area contributed by atoms with Crippen molar-refractivity contribution in [1.82, 2.24) is 10.1 Å². The van der Waals surface area contributed by atoms with E-state index >= 15 is 0 Å². The number of aliphatic hydroxyl groups is 1. The first kappa shape index (κ1) is 11.9. The number of hydrogen-bond donors (Lipinski definition) is 1. The maximum Gasteiger partial charge on any atom is 0.242 e. The van der Waals surface area contributed by atoms with Crippen molar-refractivity contribution < 1.29 is 9.63 Å². The quantitative estimate of drug-likeness (QED) is 0.879. The van der Waals surface area contributed by atoms with Crippen molar-refractivity contribution in [2.75, 3.05) is 5.75 Å². The lowest BCUT2D eigenvalue weighted by Crippen LogP contribution is -2.13. The van der Waals surface area contributed by atoms with Crippen LogP contribution in [0.25, 0.3) is 0 Å². The van der Waals surface area contributed by atoms with Crippen molar-refractivity contribution in [3.05, 3.63) is 11.7 Å². The summed E-state index contributed by atoms with van der Waals surface area (Å²) < 4.78 is 5.23. The van der Waals surface area contributed by atoms with Gasteiger partial charge in [0, 0.05) is 0 Å². The summed E-state index contributed by atoms with van der Waals surface area (Å²) in [7, 11) is 0. The van der Waals surface area contributed by atoms with Crippen LogP contribution in [-0.4, -0.2) is 21.0 Å². The Bertz CT molecular complexity index is 348. The van der Waals surface area contributed by atoms with E-state index in [4.69, 9.17) is 4.52 Å². The Kier molecular flexibility index (Phi) is 3.54. The van der Waals surface area contributed by atoms with Crippen LogP contribution in [0.15, 0.2) is 4.52 Å². The van der Waals surface area contributed by atoms with E-state index in [-0.39, 0.29) is 4.75 Å². The number of rotatable bonds is 4. The summed E-state index contributed by atoms with van der Waals surface area (Å²) in [6.45, 7) is 4.16. The Labute approximate surface area is 99.8 Å². The van der Waals surface area contributed by atoms with Gasteiger partial charge in [-0.3, -0.25) is 0 Å². The second-order valence-corrected chi connectivity index (χ2v) is 6.04. The third-order valence-corrected chi connectivity index (χ3v) is 4.48. The molecule has 2 heterocycles. The summed E-state index contributed by atoms with van der Waals surface area (Å²) in [6.07, 6.45) is 3.27. The second-order valence-electron chi connectivity index (χ2n) is 4.45. The Morgan fingerprint density at radius 3 is 3.06 bits per heavy atom. The van der Waals surface area contributed by atoms with Crippen LogP contribution < -0.4 is 0 Å². The molecule has 0 saturated carbocycles. The Balaban J connectivity index is 2.12. The molecule has 0 aromatic carbocycles. The van der Waals surface area contributed by atoms with Crippen molar-refractivity contribution >= 4 is 11.8 Å². The molecule has 4 nitrogen and oxygen atoms in total. The van der Waals surface area contributed by atoms with E-state index in [1.165, 1.54) is 6.42 Å². The average molecular weight is 242 g/mol. The first-order chi connectivity index (χ1) is 7.65. The van der Waals surface area contributed by atoms with Crippen LogP contribution in [0.2, 0.25) is 0 Å². The third kappa shape index (κ3) is 2.25. The number of thioether (sulfide) groups is 1. The molecule has 1 aliphatic rings. The molecule has 0 aliphatic carbocycles. The van der Waals surface area contributed by atoms with Gasteiger partial charge in [-0.2, -0.15) is 4.98 Å². The predicted molar refractivity (Wildman–Crippen MR) is 63.2 cm³/mol. The smallest absolute Gasteiger partial charge is 0.242 e. The Hall–Kier alpha value is -0.550. The molecular formula is C11H18N2O2S. The monoisotopic (exact) mass is 242 g/mol. The average Bonchev–Trinajstić information content (AvgIpc) is 2.86. The molecule has 1 aromatic heterocycles. The number of aromatic nitrogens is 2. The lowest BCUT2D eigenvalue weighted by Gasteiger charge is -2.16. The standard InChI is InChI=1S/C11H18N2O2S/c1-3-5-8(14)9-12-10(15-13-9)11(2)6-4-7-16-11/h8,14H,3-7H2,1-2H3. The molecule has 1 fully saturated rings. The third-order valence-electron chi connectivity index (χ3n) is 2.97. The normalized spacial score (nSPS) is 27.2. The molecule has 0 spiro atoms. The molecule has 5 heteroatoms. The highest BCUT2D eigenvalue weighted by molar-refractivity contribution is 8.00. The molecule has 1 saturated heterocycles. The van der Waals surface area contributed by atoms with Crippen LogP contribution in [0.1, 0.15) is 57.3 Å². The molecule has 90 valence electrons. The molecule has 1 aliphatic heterocycles. The van der Waals surface area contributed by atoms with Crippen LogP contribution in [-0.2, 0) is 4.75 Å². The lowest BCUT2D eigenvalue weighted by molar-refractivity contribution is 0.152. The van der Waals surface area contributed by atoms with Gasteiger partial charge in [-0.1, -0.05) is 18.5 Å². The molecule has 0 amide bonds. The summed E-state index contributed by atoms with van der Waals surface area (Å²) in [4.78, 5) is 4.33. The highest BCUT2D eigenvalue weighted by Crippen LogP contribution is 2.45. The van der Waals surface area contributed by atoms with E-state index in [1.54, 1.807) is 0 Å². The zero-order valence-corrected chi connectivity index (χ0v) is 10.6. The Morgan fingerprint density at radius 1 is 1.62 bits per heavy atom. The van der Waals surface area contributed by atoms with Crippen molar-refractivity contribution in [2.24, 2.45) is 0 Å². The van der Waals surface area contributed by atoms with Gasteiger partial charge in [0.15, 0.2) is 5.82 Å². The fourth-order valence-corrected chi connectivity index (χ4v) is 3.17. The van der Waals surface area contributed by atoms with Gasteiger partial charge in [0.05, 0.1) is 4.75 Å². The van der Waals surface area contributed by atoms with Crippen molar-refractivity contribution in [3.63, 3.8) is 0 Å². The maximum absolute atomic E-state index is 9.77. The van der Waals surface area contributed by atoms with Crippen molar-refractivity contribution in [2.45, 2.75) is 50.4 Å². The number of nitrogens with zero attached hydrogens (tertiary/aromatic N) is 2. The number of aliphatic hydroxyl groups excluding tert-OH is 1. The van der Waals surface area contributed by atoms with E-state index in [0.29, 0.717) is 18.1 Å². The summed E-state index contributed by atoms with van der Waals surface area (Å²) in [5.74, 6) is 2.25. The minimum absolute atomic E-state index is 0.0445. The lowest BCUT2D eigenvalue weighted by atomic mass is 10.1. The summed E-state index contributed by atoms with van der Waals surface area (Å²) in [5, 5.41) is 13.6. The highest BCUT2D eigenvalue weighted by atomic mass is 32.2. The topological polar surface area (TPSA) is 59.2 Å². The van der Waals surface area contributed by atoms with Crippen LogP contribution in [0.4, 0.5) is 0 Å². The SMILES string of the molecule is CCCC(O)c1noc(C2(C)CCCS2)n1. The molecule has 1 aromatic rings. The fourth-order valence-electron chi connectivity index (χ4n) is 1.94. The largest absolute Gasteiger partial charge is 0.385 e. The summed E-state index contributed by atoms with van der Waals surface area (Å²) in [6, 6.07) is 0. The van der Waals surface area contributed by atoms with Gasteiger partial charge in [0.2, 0.25) is 5.89 Å². The van der Waals surface area contributed by atoms with Gasteiger partial charge in [-0.25, -0.2) is 0 Å². The number of hydrogen-bond acceptors (Lipinski definition) is 5. The van der Waals surface area contributed by atoms with Crippen molar-refractivity contribution in [3.8, 4) is 0 Å². The molecule has 0 bridgehead atoms. The van der Waals surface area contributed by atoms with E-state index in [9.17, 15) is 5.11 Å². The van der Waals surface area contributed by atoms with Crippen LogP contribution in [0.5, 0.6) is 0 Å². The predicted octanol–water partition coefficient (Wildman–Crippen LogP) is 2.65. The van der Waals surface area contributed by atoms with Crippen molar-refractivity contribution in [1.29, 1.82) is 0 Å². The van der Waals surface area contributed by atoms with Crippen LogP contribution in [0, 0.1) is 0 Å². The minimum Gasteiger partial charge on any atom is -0.385 e. The maximum atomic E-state index is 9.77. The molecular weight excluding hydrogens is 224 g/mol. The van der Waals surface area contributed by atoms with E-state index in [1.807, 2.05) is 18.7 Å². The molecule has 2 rings (SSSR count). The summed E-state index contributed by atoms with van der Waals surface area (Å²) in [5.41, 5.74) is 0. The second kappa shape index (κ2) is 4.75. The first-order valence-electron chi connectivity index (χ1n) is 5.82. The highest BCUT2D eigenvalue weighted by Gasteiger charge is 2.37. The minimum atomic E-state index is -0.586. The molecule has 16 heavy (non-hydrogen) atoms. The van der Waals surface area contributed by atoms with Gasteiger partial charge in [-0.05, 0) is 31.9 Å². The zero-order chi connectivity index (χ0) is 11.6. The molecule has 2 atom stereocenters. The van der Waals surface area contributed by atoms with E-state index in [0.717, 1.165) is 18.6 Å². The first-order valence-corrected chi connectivity index (χ1v) is 6.80. The van der Waals surface area contributed by atoms with E-state index in [2.05, 4.69) is 17.1 Å². The van der Waals surface area contributed by atoms with Gasteiger partial charge < -0.3 is 9.63 Å². The van der Waals surface area contributed by atoms with Gasteiger partial charge in [0.1, 0.15) is 6.10 Å². The molecule has 1 N–H and O–H groups in total. The molecule has 2 unspecified atom stereocenters. The van der Waals surface area contributed by atoms with Crippen LogP contribution in [0.3, 0.4) is 0 Å². The Morgan fingerprint density at radius 2 is 2.44 bits per heavy atom. The zero-order valence-electron chi connectivity index (χ0n) is 9.77. The molecule has 0 radical (unpaired) electrons. The van der Waals surface area contributed by atoms with Gasteiger partial charge >= 0.3 is 0 Å². The summed E-state index contributed by atoms with van der Waals surface area (Å²) >= 11 is 1.86. The van der Waals surface area contributed by atoms with Gasteiger partial charge in [0.25, 0.3) is 0 Å².